The van der Waals surface area contributed by atoms with Crippen molar-refractivity contribution in [3.05, 3.63) is 29.4 Å². The third-order valence-corrected chi connectivity index (χ3v) is 7.11. The van der Waals surface area contributed by atoms with Crippen LogP contribution in [0.2, 0.25) is 5.02 Å². The molecule has 0 atom stereocenters. The normalized spacial score (nSPS) is 14.9. The first kappa shape index (κ1) is 26.3. The molecule has 1 aliphatic rings. The van der Waals surface area contributed by atoms with Crippen molar-refractivity contribution in [3.8, 4) is 17.5 Å². The van der Waals surface area contributed by atoms with Crippen molar-refractivity contribution in [1.29, 1.82) is 0 Å². The molecule has 0 unspecified atom stereocenters. The van der Waals surface area contributed by atoms with Crippen LogP contribution in [0, 0.1) is 5.41 Å². The number of hydrogen-bond acceptors (Lipinski definition) is 8. The van der Waals surface area contributed by atoms with Crippen LogP contribution in [0.4, 0.5) is 14.5 Å². The van der Waals surface area contributed by atoms with Crippen LogP contribution in [0.25, 0.3) is 0 Å². The molecule has 0 saturated carbocycles. The summed E-state index contributed by atoms with van der Waals surface area (Å²) in [7, 11) is 0. The first-order valence-corrected chi connectivity index (χ1v) is 12.1. The minimum atomic E-state index is -2.63. The van der Waals surface area contributed by atoms with Gasteiger partial charge in [0.25, 0.3) is 12.3 Å². The minimum Gasteiger partial charge on any atom is -0.482 e. The van der Waals surface area contributed by atoms with Gasteiger partial charge in [0.1, 0.15) is 11.6 Å². The Bertz CT molecular complexity index is 890. The van der Waals surface area contributed by atoms with E-state index in [1.54, 1.807) is 23.9 Å². The van der Waals surface area contributed by atoms with E-state index in [1.807, 2.05) is 11.8 Å². The number of anilines is 1. The first-order valence-electron chi connectivity index (χ1n) is 9.63. The summed E-state index contributed by atoms with van der Waals surface area (Å²) >= 11 is 9.48. The number of amides is 1. The van der Waals surface area contributed by atoms with Gasteiger partial charge in [0.2, 0.25) is 12.3 Å². The van der Waals surface area contributed by atoms with Crippen molar-refractivity contribution in [1.82, 2.24) is 9.97 Å². The van der Waals surface area contributed by atoms with E-state index in [0.29, 0.717) is 10.7 Å². The van der Waals surface area contributed by atoms with Gasteiger partial charge < -0.3 is 20.9 Å². The van der Waals surface area contributed by atoms with Crippen LogP contribution in [-0.2, 0) is 4.79 Å². The molecule has 176 valence electrons. The molecule has 4 N–H and O–H groups in total. The number of primary amides is 1. The van der Waals surface area contributed by atoms with Gasteiger partial charge in [-0.1, -0.05) is 18.5 Å². The van der Waals surface area contributed by atoms with Crippen LogP contribution in [0.3, 0.4) is 0 Å². The van der Waals surface area contributed by atoms with E-state index in [-0.39, 0.29) is 34.4 Å². The highest BCUT2D eigenvalue weighted by Gasteiger charge is 2.27. The topological polar surface area (TPSA) is 113 Å². The van der Waals surface area contributed by atoms with Gasteiger partial charge in [0.15, 0.2) is 5.75 Å². The van der Waals surface area contributed by atoms with Gasteiger partial charge in [-0.2, -0.15) is 11.8 Å². The van der Waals surface area contributed by atoms with Gasteiger partial charge in [0.05, 0.1) is 10.7 Å². The van der Waals surface area contributed by atoms with E-state index in [1.165, 1.54) is 36.6 Å². The molecule has 0 aliphatic carbocycles. The molecule has 0 spiro atoms. The lowest BCUT2D eigenvalue weighted by Crippen LogP contribution is -2.25. The van der Waals surface area contributed by atoms with E-state index >= 15 is 0 Å². The zero-order chi connectivity index (χ0) is 23.6. The highest BCUT2D eigenvalue weighted by atomic mass is 35.5. The van der Waals surface area contributed by atoms with Crippen molar-refractivity contribution in [2.75, 3.05) is 29.6 Å². The number of thioether (sulfide) groups is 2. The van der Waals surface area contributed by atoms with E-state index < -0.39 is 13.0 Å². The molecule has 1 amide bonds. The highest BCUT2D eigenvalue weighted by Crippen LogP contribution is 2.40. The van der Waals surface area contributed by atoms with Gasteiger partial charge in [-0.15, -0.1) is 11.8 Å². The Morgan fingerprint density at radius 2 is 2.06 bits per heavy atom. The fourth-order valence-corrected chi connectivity index (χ4v) is 5.49. The maximum absolute atomic E-state index is 12.5. The number of carbonyl (C=O) groups is 1. The summed E-state index contributed by atoms with van der Waals surface area (Å²) in [6, 6.07) is 4.69. The van der Waals surface area contributed by atoms with E-state index in [9.17, 15) is 8.78 Å². The lowest BCUT2D eigenvalue weighted by atomic mass is 9.87. The Morgan fingerprint density at radius 1 is 1.38 bits per heavy atom. The summed E-state index contributed by atoms with van der Waals surface area (Å²) < 4.78 is 35.7. The standard InChI is InChI=1S/C19H22ClF2N3O2S2.CH3NO/c1-19(4-6-28-7-5-19)11-29-18-13(23)2-3-16(25-18)27-17-14(26-10-15(21)22)8-12(20)9-24-17;2-1-3/h2-3,8-9,15H,4-7,10-11,23H2,1H3;1H,(H2,2,3). The van der Waals surface area contributed by atoms with Crippen molar-refractivity contribution in [2.45, 2.75) is 31.2 Å². The lowest BCUT2D eigenvalue weighted by molar-refractivity contribution is -0.106. The van der Waals surface area contributed by atoms with Crippen LogP contribution in [-0.4, -0.2) is 46.7 Å². The Balaban J connectivity index is 0.00000114. The second kappa shape index (κ2) is 12.9. The largest absolute Gasteiger partial charge is 0.482 e. The Morgan fingerprint density at radius 3 is 2.72 bits per heavy atom. The molecular formula is C20H25ClF2N4O3S2. The maximum atomic E-state index is 12.5. The average Bonchev–Trinajstić information content (AvgIpc) is 2.75. The zero-order valence-electron chi connectivity index (χ0n) is 17.4. The fourth-order valence-electron chi connectivity index (χ4n) is 2.70. The average molecular weight is 507 g/mol. The number of nitrogens with zero attached hydrogens (tertiary/aromatic N) is 2. The third-order valence-electron chi connectivity index (χ3n) is 4.47. The number of hydrogen-bond donors (Lipinski definition) is 2. The molecule has 32 heavy (non-hydrogen) atoms. The highest BCUT2D eigenvalue weighted by molar-refractivity contribution is 7.99. The van der Waals surface area contributed by atoms with Gasteiger partial charge in [0, 0.05) is 24.1 Å². The predicted molar refractivity (Wildman–Crippen MR) is 125 cm³/mol. The van der Waals surface area contributed by atoms with E-state index in [4.69, 9.17) is 31.6 Å². The monoisotopic (exact) mass is 506 g/mol. The van der Waals surface area contributed by atoms with Gasteiger partial charge in [-0.25, -0.2) is 18.7 Å². The number of ether oxygens (including phenoxy) is 2. The van der Waals surface area contributed by atoms with Crippen LogP contribution >= 0.6 is 35.1 Å². The number of alkyl halides is 2. The molecule has 12 heteroatoms. The maximum Gasteiger partial charge on any atom is 0.272 e. The number of nitrogen functional groups attached to an aromatic ring is 1. The number of aromatic nitrogens is 2. The molecular weight excluding hydrogens is 482 g/mol. The molecule has 1 fully saturated rings. The Kier molecular flexibility index (Phi) is 10.6. The van der Waals surface area contributed by atoms with Crippen LogP contribution in [0.15, 0.2) is 29.4 Å². The van der Waals surface area contributed by atoms with Crippen LogP contribution in [0.5, 0.6) is 17.5 Å². The summed E-state index contributed by atoms with van der Waals surface area (Å²) in [5, 5.41) is 0.924. The summed E-state index contributed by atoms with van der Waals surface area (Å²) in [5.74, 6) is 3.55. The van der Waals surface area contributed by atoms with Crippen molar-refractivity contribution < 1.29 is 23.0 Å². The zero-order valence-corrected chi connectivity index (χ0v) is 19.8. The molecule has 3 heterocycles. The molecule has 7 nitrogen and oxygen atoms in total. The fraction of sp³-hybridized carbons (Fsp3) is 0.450. The minimum absolute atomic E-state index is 0.0135. The van der Waals surface area contributed by atoms with Crippen LogP contribution in [0.1, 0.15) is 19.8 Å². The van der Waals surface area contributed by atoms with E-state index in [2.05, 4.69) is 22.6 Å². The summed E-state index contributed by atoms with van der Waals surface area (Å²) in [4.78, 5) is 17.1. The first-order chi connectivity index (χ1) is 15.3. The smallest absolute Gasteiger partial charge is 0.272 e. The van der Waals surface area contributed by atoms with Crippen LogP contribution < -0.4 is 20.9 Å². The predicted octanol–water partition coefficient (Wildman–Crippen LogP) is 4.88. The lowest BCUT2D eigenvalue weighted by Gasteiger charge is -2.32. The van der Waals surface area contributed by atoms with Gasteiger partial charge in [-0.3, -0.25) is 4.79 Å². The second-order valence-corrected chi connectivity index (χ2v) is 9.78. The van der Waals surface area contributed by atoms with E-state index in [0.717, 1.165) is 5.75 Å². The summed E-state index contributed by atoms with van der Waals surface area (Å²) in [6.45, 7) is 1.51. The van der Waals surface area contributed by atoms with Crippen molar-refractivity contribution in [3.63, 3.8) is 0 Å². The number of carbonyl (C=O) groups excluding carboxylic acids is 1. The van der Waals surface area contributed by atoms with Crippen molar-refractivity contribution in [2.24, 2.45) is 11.1 Å². The third kappa shape index (κ3) is 8.51. The quantitative estimate of drug-likeness (QED) is 0.385. The molecule has 0 bridgehead atoms. The van der Waals surface area contributed by atoms with Crippen molar-refractivity contribution >= 4 is 47.2 Å². The number of halogens is 3. The Labute approximate surface area is 199 Å². The summed E-state index contributed by atoms with van der Waals surface area (Å²) in [6.07, 6.45) is 1.31. The van der Waals surface area contributed by atoms with Gasteiger partial charge in [-0.05, 0) is 35.8 Å². The molecule has 0 aromatic carbocycles. The molecule has 2 aromatic heterocycles. The Hall–Kier alpha value is -1.98. The number of rotatable bonds is 8. The SMILES string of the molecule is CC1(CSc2nc(Oc3ncc(Cl)cc3OCC(F)F)ccc2N)CCSCC1.NC=O. The second-order valence-electron chi connectivity index (χ2n) is 7.15. The number of pyridine rings is 2. The molecule has 1 aliphatic heterocycles. The molecule has 3 rings (SSSR count). The van der Waals surface area contributed by atoms with Gasteiger partial charge >= 0.3 is 0 Å². The summed E-state index contributed by atoms with van der Waals surface area (Å²) in [5.41, 5.74) is 11.1. The molecule has 1 saturated heterocycles. The molecule has 0 radical (unpaired) electrons. The number of nitrogens with two attached hydrogens (primary N) is 2. The molecule has 2 aromatic rings.